The lowest BCUT2D eigenvalue weighted by Crippen LogP contribution is -1.91. The molecule has 0 aliphatic heterocycles. The van der Waals surface area contributed by atoms with Gasteiger partial charge in [-0.25, -0.2) is 9.37 Å². The van der Waals surface area contributed by atoms with Crippen LogP contribution in [-0.4, -0.2) is 4.98 Å². The van der Waals surface area contributed by atoms with Crippen molar-refractivity contribution in [1.82, 2.24) is 4.98 Å². The number of halogens is 3. The van der Waals surface area contributed by atoms with Gasteiger partial charge in [0.05, 0.1) is 10.2 Å². The van der Waals surface area contributed by atoms with Crippen molar-refractivity contribution in [3.63, 3.8) is 0 Å². The van der Waals surface area contributed by atoms with Crippen molar-refractivity contribution in [2.45, 2.75) is 0 Å². The first-order valence-corrected chi connectivity index (χ1v) is 6.92. The van der Waals surface area contributed by atoms with Crippen LogP contribution in [0.25, 0.3) is 10.2 Å². The van der Waals surface area contributed by atoms with Crippen molar-refractivity contribution in [2.24, 2.45) is 0 Å². The molecule has 96 valence electrons. The Bertz CT molecular complexity index is 726. The third-order valence-electron chi connectivity index (χ3n) is 2.43. The zero-order chi connectivity index (χ0) is 13.4. The second-order valence-electron chi connectivity index (χ2n) is 3.75. The first-order chi connectivity index (χ1) is 9.13. The van der Waals surface area contributed by atoms with Gasteiger partial charge in [0.1, 0.15) is 0 Å². The molecule has 6 heteroatoms. The first-order valence-electron chi connectivity index (χ1n) is 5.31. The fourth-order valence-electron chi connectivity index (χ4n) is 1.60. The van der Waals surface area contributed by atoms with Crippen LogP contribution < -0.4 is 4.74 Å². The number of aromatic nitrogens is 1. The molecule has 0 aliphatic rings. The zero-order valence-electron chi connectivity index (χ0n) is 9.36. The van der Waals surface area contributed by atoms with Gasteiger partial charge in [-0.1, -0.05) is 39.4 Å². The van der Waals surface area contributed by atoms with Crippen LogP contribution in [-0.2, 0) is 0 Å². The molecule has 0 fully saturated rings. The predicted octanol–water partition coefficient (Wildman–Crippen LogP) is 5.13. The van der Waals surface area contributed by atoms with E-state index < -0.39 is 11.6 Å². The molecule has 1 aromatic heterocycles. The summed E-state index contributed by atoms with van der Waals surface area (Å²) in [4.78, 5) is 4.20. The fraction of sp³-hybridized carbons (Fsp3) is 0. The molecule has 0 amide bonds. The Balaban J connectivity index is 2.01. The molecular formula is C13H6BrF2NOS. The van der Waals surface area contributed by atoms with E-state index in [1.54, 1.807) is 0 Å². The van der Waals surface area contributed by atoms with E-state index >= 15 is 0 Å². The lowest BCUT2D eigenvalue weighted by Gasteiger charge is -2.04. The monoisotopic (exact) mass is 341 g/mol. The zero-order valence-corrected chi connectivity index (χ0v) is 11.8. The SMILES string of the molecule is Fc1cc(Br)cc(Oc2nc3ccccc3s2)c1F. The Morgan fingerprint density at radius 2 is 1.95 bits per heavy atom. The van der Waals surface area contributed by atoms with Crippen LogP contribution in [0.5, 0.6) is 10.9 Å². The topological polar surface area (TPSA) is 22.1 Å². The summed E-state index contributed by atoms with van der Waals surface area (Å²) in [5.41, 5.74) is 0.762. The summed E-state index contributed by atoms with van der Waals surface area (Å²) < 4.78 is 33.5. The number of thiazole rings is 1. The minimum atomic E-state index is -1.03. The molecule has 0 saturated heterocycles. The van der Waals surface area contributed by atoms with Crippen molar-refractivity contribution in [1.29, 1.82) is 0 Å². The highest BCUT2D eigenvalue weighted by Gasteiger charge is 2.14. The van der Waals surface area contributed by atoms with Gasteiger partial charge in [0.25, 0.3) is 5.19 Å². The predicted molar refractivity (Wildman–Crippen MR) is 73.8 cm³/mol. The molecule has 0 atom stereocenters. The standard InChI is InChI=1S/C13H6BrF2NOS/c14-7-5-8(15)12(16)10(6-7)18-13-17-9-3-1-2-4-11(9)19-13/h1-6H. The maximum Gasteiger partial charge on any atom is 0.279 e. The molecule has 0 radical (unpaired) electrons. The van der Waals surface area contributed by atoms with Crippen molar-refractivity contribution in [3.8, 4) is 10.9 Å². The number of rotatable bonds is 2. The molecule has 0 spiro atoms. The van der Waals surface area contributed by atoms with Crippen LogP contribution in [0.4, 0.5) is 8.78 Å². The molecule has 0 aliphatic carbocycles. The fourth-order valence-corrected chi connectivity index (χ4v) is 2.83. The Morgan fingerprint density at radius 3 is 2.74 bits per heavy atom. The molecule has 2 nitrogen and oxygen atoms in total. The Hall–Kier alpha value is -1.53. The van der Waals surface area contributed by atoms with Crippen molar-refractivity contribution in [3.05, 3.63) is 52.5 Å². The highest BCUT2D eigenvalue weighted by atomic mass is 79.9. The summed E-state index contributed by atoms with van der Waals surface area (Å²) in [6.45, 7) is 0. The average Bonchev–Trinajstić information content (AvgIpc) is 2.77. The van der Waals surface area contributed by atoms with E-state index in [4.69, 9.17) is 4.74 Å². The van der Waals surface area contributed by atoms with Crippen LogP contribution in [0.3, 0.4) is 0 Å². The van der Waals surface area contributed by atoms with E-state index in [0.29, 0.717) is 4.47 Å². The summed E-state index contributed by atoms with van der Waals surface area (Å²) in [6, 6.07) is 9.86. The normalized spacial score (nSPS) is 10.9. The van der Waals surface area contributed by atoms with E-state index in [1.165, 1.54) is 17.4 Å². The van der Waals surface area contributed by atoms with Crippen molar-refractivity contribution in [2.75, 3.05) is 0 Å². The first kappa shape index (κ1) is 12.5. The van der Waals surface area contributed by atoms with Gasteiger partial charge in [0.15, 0.2) is 11.6 Å². The lowest BCUT2D eigenvalue weighted by molar-refractivity contribution is 0.414. The van der Waals surface area contributed by atoms with E-state index in [9.17, 15) is 8.78 Å². The summed E-state index contributed by atoms with van der Waals surface area (Å²) in [6.07, 6.45) is 0. The summed E-state index contributed by atoms with van der Waals surface area (Å²) in [7, 11) is 0. The van der Waals surface area contributed by atoms with E-state index in [-0.39, 0.29) is 10.9 Å². The molecule has 3 rings (SSSR count). The minimum absolute atomic E-state index is 0.189. The second-order valence-corrected chi connectivity index (χ2v) is 5.66. The summed E-state index contributed by atoms with van der Waals surface area (Å²) in [5, 5.41) is 0.276. The third-order valence-corrected chi connectivity index (χ3v) is 3.80. The van der Waals surface area contributed by atoms with Gasteiger partial charge < -0.3 is 4.74 Å². The molecular weight excluding hydrogens is 336 g/mol. The summed E-state index contributed by atoms with van der Waals surface area (Å²) in [5.74, 6) is -2.18. The van der Waals surface area contributed by atoms with Gasteiger partial charge in [-0.05, 0) is 24.3 Å². The van der Waals surface area contributed by atoms with Crippen LogP contribution >= 0.6 is 27.3 Å². The number of benzene rings is 2. The van der Waals surface area contributed by atoms with Crippen LogP contribution in [0, 0.1) is 11.6 Å². The van der Waals surface area contributed by atoms with Crippen molar-refractivity contribution >= 4 is 37.5 Å². The number of fused-ring (bicyclic) bond motifs is 1. The number of hydrogen-bond acceptors (Lipinski definition) is 3. The Morgan fingerprint density at radius 1 is 1.16 bits per heavy atom. The molecule has 1 heterocycles. The lowest BCUT2D eigenvalue weighted by atomic mass is 10.3. The molecule has 3 aromatic rings. The van der Waals surface area contributed by atoms with Crippen LogP contribution in [0.1, 0.15) is 0 Å². The minimum Gasteiger partial charge on any atom is -0.428 e. The molecule has 19 heavy (non-hydrogen) atoms. The number of para-hydroxylation sites is 1. The van der Waals surface area contributed by atoms with Gasteiger partial charge in [-0.3, -0.25) is 0 Å². The van der Waals surface area contributed by atoms with Crippen molar-refractivity contribution < 1.29 is 13.5 Å². The van der Waals surface area contributed by atoms with Gasteiger partial charge in [-0.15, -0.1) is 0 Å². The number of nitrogens with zero attached hydrogens (tertiary/aromatic N) is 1. The number of hydrogen-bond donors (Lipinski definition) is 0. The van der Waals surface area contributed by atoms with Gasteiger partial charge in [-0.2, -0.15) is 4.39 Å². The molecule has 0 saturated carbocycles. The molecule has 0 unspecified atom stereocenters. The maximum atomic E-state index is 13.6. The maximum absolute atomic E-state index is 13.6. The summed E-state index contributed by atoms with van der Waals surface area (Å²) >= 11 is 4.37. The van der Waals surface area contributed by atoms with E-state index in [1.807, 2.05) is 24.3 Å². The van der Waals surface area contributed by atoms with Crippen LogP contribution in [0.15, 0.2) is 40.9 Å². The van der Waals surface area contributed by atoms with Gasteiger partial charge in [0, 0.05) is 4.47 Å². The Labute approximate surface area is 119 Å². The molecule has 0 N–H and O–H groups in total. The third kappa shape index (κ3) is 2.46. The molecule has 2 aromatic carbocycles. The largest absolute Gasteiger partial charge is 0.428 e. The quantitative estimate of drug-likeness (QED) is 0.603. The highest BCUT2D eigenvalue weighted by molar-refractivity contribution is 9.10. The van der Waals surface area contributed by atoms with Gasteiger partial charge in [0.2, 0.25) is 5.82 Å². The number of ether oxygens (including phenoxy) is 1. The van der Waals surface area contributed by atoms with Gasteiger partial charge >= 0.3 is 0 Å². The van der Waals surface area contributed by atoms with E-state index in [2.05, 4.69) is 20.9 Å². The van der Waals surface area contributed by atoms with E-state index in [0.717, 1.165) is 16.3 Å². The Kier molecular flexibility index (Phi) is 3.20. The molecule has 0 bridgehead atoms. The average molecular weight is 342 g/mol. The highest BCUT2D eigenvalue weighted by Crippen LogP contribution is 2.34. The second kappa shape index (κ2) is 4.86. The van der Waals surface area contributed by atoms with Crippen LogP contribution in [0.2, 0.25) is 0 Å². The smallest absolute Gasteiger partial charge is 0.279 e.